The van der Waals surface area contributed by atoms with Gasteiger partial charge in [-0.1, -0.05) is 36.4 Å². The van der Waals surface area contributed by atoms with Crippen LogP contribution in [0.15, 0.2) is 60.0 Å². The van der Waals surface area contributed by atoms with Crippen LogP contribution in [0.4, 0.5) is 0 Å². The van der Waals surface area contributed by atoms with Crippen molar-refractivity contribution in [3.63, 3.8) is 0 Å². The molecule has 0 radical (unpaired) electrons. The Morgan fingerprint density at radius 2 is 1.73 bits per heavy atom. The van der Waals surface area contributed by atoms with Crippen molar-refractivity contribution in [3.8, 4) is 0 Å². The molecule has 0 fully saturated rings. The van der Waals surface area contributed by atoms with Crippen molar-refractivity contribution < 1.29 is 14.5 Å². The number of carbonyl (C=O) groups is 2. The summed E-state index contributed by atoms with van der Waals surface area (Å²) in [5.41, 5.74) is 0.675. The fraction of sp³-hybridized carbons (Fsp3) is 0.125. The molecule has 2 heterocycles. The first-order chi connectivity index (χ1) is 10.6. The molecule has 2 aliphatic heterocycles. The van der Waals surface area contributed by atoms with Crippen molar-refractivity contribution in [1.82, 2.24) is 4.90 Å². The predicted octanol–water partition coefficient (Wildman–Crippen LogP) is 1.73. The number of rotatable bonds is 1. The van der Waals surface area contributed by atoms with Gasteiger partial charge in [-0.15, -0.1) is 0 Å². The number of hydrogen-bond donors (Lipinski definition) is 0. The van der Waals surface area contributed by atoms with Gasteiger partial charge < -0.3 is 4.90 Å². The van der Waals surface area contributed by atoms with Gasteiger partial charge in [-0.3, -0.25) is 19.7 Å². The zero-order valence-electron chi connectivity index (χ0n) is 11.3. The van der Waals surface area contributed by atoms with Crippen molar-refractivity contribution in [3.05, 3.63) is 81.2 Å². The van der Waals surface area contributed by atoms with E-state index in [4.69, 9.17) is 0 Å². The van der Waals surface area contributed by atoms with Gasteiger partial charge in [-0.05, 0) is 6.08 Å². The van der Waals surface area contributed by atoms with Crippen LogP contribution >= 0.6 is 0 Å². The van der Waals surface area contributed by atoms with E-state index < -0.39 is 22.8 Å². The van der Waals surface area contributed by atoms with Gasteiger partial charge >= 0.3 is 0 Å². The monoisotopic (exact) mass is 294 g/mol. The Morgan fingerprint density at radius 3 is 2.41 bits per heavy atom. The smallest absolute Gasteiger partial charge is 0.267 e. The van der Waals surface area contributed by atoms with E-state index in [1.54, 1.807) is 53.6 Å². The van der Waals surface area contributed by atoms with Crippen molar-refractivity contribution in [2.24, 2.45) is 0 Å². The summed E-state index contributed by atoms with van der Waals surface area (Å²) in [5.74, 6) is -0.761. The summed E-state index contributed by atoms with van der Waals surface area (Å²) in [6.07, 6.45) is 6.65. The van der Waals surface area contributed by atoms with Crippen molar-refractivity contribution in [1.29, 1.82) is 0 Å². The minimum Gasteiger partial charge on any atom is -0.330 e. The molecule has 0 bridgehead atoms. The maximum absolute atomic E-state index is 12.7. The fourth-order valence-corrected chi connectivity index (χ4v) is 3.31. The lowest BCUT2D eigenvalue weighted by Crippen LogP contribution is -2.38. The van der Waals surface area contributed by atoms with E-state index in [1.807, 2.05) is 0 Å². The zero-order valence-corrected chi connectivity index (χ0v) is 11.3. The van der Waals surface area contributed by atoms with E-state index >= 15 is 0 Å². The lowest BCUT2D eigenvalue weighted by atomic mass is 9.85. The number of nitro groups is 1. The number of allylic oxidation sites excluding steroid dienone is 3. The maximum atomic E-state index is 12.7. The number of carbonyl (C=O) groups excluding carboxylic acids is 2. The maximum Gasteiger partial charge on any atom is 0.267 e. The molecule has 1 aliphatic carbocycles. The normalized spacial score (nSPS) is 25.2. The quantitative estimate of drug-likeness (QED) is 0.582. The average molecular weight is 294 g/mol. The molecule has 6 nitrogen and oxygen atoms in total. The molecule has 0 saturated heterocycles. The molecule has 0 spiro atoms. The predicted molar refractivity (Wildman–Crippen MR) is 76.8 cm³/mol. The highest BCUT2D eigenvalue weighted by molar-refractivity contribution is 6.27. The lowest BCUT2D eigenvalue weighted by molar-refractivity contribution is -0.513. The van der Waals surface area contributed by atoms with Gasteiger partial charge in [0, 0.05) is 22.3 Å². The largest absolute Gasteiger partial charge is 0.330 e. The second kappa shape index (κ2) is 4.24. The van der Waals surface area contributed by atoms with Crippen molar-refractivity contribution >= 4 is 11.6 Å². The molecule has 0 N–H and O–H groups in total. The molecule has 1 aromatic carbocycles. The fourth-order valence-electron chi connectivity index (χ4n) is 3.31. The van der Waals surface area contributed by atoms with E-state index in [2.05, 4.69) is 0 Å². The van der Waals surface area contributed by atoms with Crippen LogP contribution in [0.3, 0.4) is 0 Å². The third kappa shape index (κ3) is 1.43. The molecule has 3 aliphatic rings. The first kappa shape index (κ1) is 12.7. The van der Waals surface area contributed by atoms with Crippen LogP contribution in [0.5, 0.6) is 0 Å². The van der Waals surface area contributed by atoms with E-state index in [1.165, 1.54) is 0 Å². The molecule has 2 unspecified atom stereocenters. The first-order valence-electron chi connectivity index (χ1n) is 6.80. The summed E-state index contributed by atoms with van der Waals surface area (Å²) in [4.78, 5) is 38.0. The topological polar surface area (TPSA) is 80.5 Å². The number of Topliss-reactive ketones (excluding diaryl/α,β-unsaturated/α-hetero) is 2. The van der Waals surface area contributed by atoms with Crippen LogP contribution in [0.2, 0.25) is 0 Å². The molecule has 2 atom stereocenters. The Balaban J connectivity index is 1.98. The molecule has 108 valence electrons. The Kier molecular flexibility index (Phi) is 2.45. The van der Waals surface area contributed by atoms with Gasteiger partial charge in [-0.25, -0.2) is 0 Å². The summed E-state index contributed by atoms with van der Waals surface area (Å²) in [7, 11) is 0. The number of benzene rings is 1. The number of ketones is 2. The number of fused-ring (bicyclic) bond motifs is 3. The van der Waals surface area contributed by atoms with Crippen LogP contribution in [0.25, 0.3) is 0 Å². The molecule has 1 aromatic rings. The second-order valence-corrected chi connectivity index (χ2v) is 5.32. The van der Waals surface area contributed by atoms with Gasteiger partial charge in [0.05, 0.1) is 0 Å². The molecule has 0 amide bonds. The third-order valence-electron chi connectivity index (χ3n) is 4.22. The average Bonchev–Trinajstić information content (AvgIpc) is 2.88. The summed E-state index contributed by atoms with van der Waals surface area (Å²) >= 11 is 0. The van der Waals surface area contributed by atoms with E-state index in [9.17, 15) is 19.7 Å². The number of nitrogens with zero attached hydrogens (tertiary/aromatic N) is 2. The van der Waals surface area contributed by atoms with E-state index in [-0.39, 0.29) is 22.6 Å². The summed E-state index contributed by atoms with van der Waals surface area (Å²) < 4.78 is 0. The highest BCUT2D eigenvalue weighted by Gasteiger charge is 2.54. The van der Waals surface area contributed by atoms with Crippen LogP contribution in [-0.4, -0.2) is 33.5 Å². The molecule has 6 heteroatoms. The highest BCUT2D eigenvalue weighted by Crippen LogP contribution is 2.40. The summed E-state index contributed by atoms with van der Waals surface area (Å²) in [6, 6.07) is 4.60. The first-order valence-corrected chi connectivity index (χ1v) is 6.80. The van der Waals surface area contributed by atoms with Crippen molar-refractivity contribution in [2.45, 2.75) is 12.1 Å². The van der Waals surface area contributed by atoms with Gasteiger partial charge in [0.15, 0.2) is 5.78 Å². The summed E-state index contributed by atoms with van der Waals surface area (Å²) in [5, 5.41) is 11.5. The Hall–Kier alpha value is -3.02. The Morgan fingerprint density at radius 1 is 1.05 bits per heavy atom. The SMILES string of the molecule is O=C1C2=C(C(=O)c3ccccc31)N1C=CC=CC1C2[N+](=O)[O-]. The van der Waals surface area contributed by atoms with Gasteiger partial charge in [0.2, 0.25) is 5.78 Å². The molecule has 0 aromatic heterocycles. The molecular weight excluding hydrogens is 284 g/mol. The minimum absolute atomic E-state index is 0.00472. The molecule has 4 rings (SSSR count). The highest BCUT2D eigenvalue weighted by atomic mass is 16.6. The Bertz CT molecular complexity index is 834. The van der Waals surface area contributed by atoms with Crippen molar-refractivity contribution in [2.75, 3.05) is 0 Å². The van der Waals surface area contributed by atoms with Crippen LogP contribution in [0, 0.1) is 10.1 Å². The molecule has 22 heavy (non-hydrogen) atoms. The third-order valence-corrected chi connectivity index (χ3v) is 4.22. The van der Waals surface area contributed by atoms with E-state index in [0.29, 0.717) is 5.56 Å². The van der Waals surface area contributed by atoms with Crippen LogP contribution in [-0.2, 0) is 0 Å². The van der Waals surface area contributed by atoms with E-state index in [0.717, 1.165) is 0 Å². The molecule has 0 saturated carbocycles. The van der Waals surface area contributed by atoms with Crippen LogP contribution in [0.1, 0.15) is 20.7 Å². The second-order valence-electron chi connectivity index (χ2n) is 5.32. The van der Waals surface area contributed by atoms with Crippen LogP contribution < -0.4 is 0 Å². The van der Waals surface area contributed by atoms with Gasteiger partial charge in [0.25, 0.3) is 6.04 Å². The van der Waals surface area contributed by atoms with Gasteiger partial charge in [0.1, 0.15) is 17.3 Å². The lowest BCUT2D eigenvalue weighted by Gasteiger charge is -2.25. The summed E-state index contributed by atoms with van der Waals surface area (Å²) in [6.45, 7) is 0. The van der Waals surface area contributed by atoms with Gasteiger partial charge in [-0.2, -0.15) is 0 Å². The number of hydrogen-bond acceptors (Lipinski definition) is 5. The standard InChI is InChI=1S/C16H10N2O4/c19-15-9-5-1-2-6-10(9)16(20)14-12(15)13(18(21)22)11-7-3-4-8-17(11)14/h1-8,11,13H. The molecular formula is C16H10N2O4. The zero-order chi connectivity index (χ0) is 15.4. The Labute approximate surface area is 125 Å². The minimum atomic E-state index is -1.22.